The van der Waals surface area contributed by atoms with Crippen molar-refractivity contribution in [3.8, 4) is 22.8 Å². The fraction of sp³-hybridized carbons (Fsp3) is 0.105. The second kappa shape index (κ2) is 7.08. The first-order valence-electron chi connectivity index (χ1n) is 8.11. The zero-order valence-corrected chi connectivity index (χ0v) is 15.5. The smallest absolute Gasteiger partial charge is 0.259 e. The molecule has 7 nitrogen and oxygen atoms in total. The monoisotopic (exact) mass is 380 g/mol. The van der Waals surface area contributed by atoms with Gasteiger partial charge in [0.2, 0.25) is 0 Å². The highest BCUT2D eigenvalue weighted by Crippen LogP contribution is 2.33. The topological polar surface area (TPSA) is 89.1 Å². The lowest BCUT2D eigenvalue weighted by atomic mass is 10.1. The van der Waals surface area contributed by atoms with Gasteiger partial charge < -0.3 is 9.47 Å². The van der Waals surface area contributed by atoms with Crippen molar-refractivity contribution in [2.75, 3.05) is 19.5 Å². The number of para-hydroxylation sites is 1. The molecule has 0 saturated carbocycles. The third kappa shape index (κ3) is 3.22. The minimum atomic E-state index is -0.238. The SMILES string of the molecule is COc1ccc(-c2csc(NC(=O)c3cccc4cn[nH]c34)n2)cc1OC. The number of hydrogen-bond donors (Lipinski definition) is 2. The quantitative estimate of drug-likeness (QED) is 0.547. The summed E-state index contributed by atoms with van der Waals surface area (Å²) in [7, 11) is 3.18. The van der Waals surface area contributed by atoms with Crippen LogP contribution in [0.5, 0.6) is 11.5 Å². The number of benzene rings is 2. The van der Waals surface area contributed by atoms with Crippen LogP contribution in [-0.4, -0.2) is 35.3 Å². The number of rotatable bonds is 5. The van der Waals surface area contributed by atoms with Crippen molar-refractivity contribution in [2.45, 2.75) is 0 Å². The number of nitrogens with one attached hydrogen (secondary N) is 2. The number of aromatic nitrogens is 3. The van der Waals surface area contributed by atoms with E-state index in [1.54, 1.807) is 26.5 Å². The summed E-state index contributed by atoms with van der Waals surface area (Å²) in [5, 5.41) is 13.0. The Morgan fingerprint density at radius 1 is 1.15 bits per heavy atom. The molecule has 4 aromatic rings. The van der Waals surface area contributed by atoms with Crippen molar-refractivity contribution in [3.63, 3.8) is 0 Å². The van der Waals surface area contributed by atoms with Crippen molar-refractivity contribution in [2.24, 2.45) is 0 Å². The summed E-state index contributed by atoms with van der Waals surface area (Å²) in [4.78, 5) is 17.1. The van der Waals surface area contributed by atoms with Crippen LogP contribution in [0.2, 0.25) is 0 Å². The molecular weight excluding hydrogens is 364 g/mol. The zero-order valence-electron chi connectivity index (χ0n) is 14.6. The van der Waals surface area contributed by atoms with Gasteiger partial charge in [0, 0.05) is 16.3 Å². The third-order valence-corrected chi connectivity index (χ3v) is 4.88. The van der Waals surface area contributed by atoms with Gasteiger partial charge in [-0.15, -0.1) is 11.3 Å². The first kappa shape index (κ1) is 17.0. The molecule has 0 spiro atoms. The molecule has 0 aliphatic carbocycles. The normalized spacial score (nSPS) is 10.7. The molecule has 0 radical (unpaired) electrons. The molecule has 8 heteroatoms. The summed E-state index contributed by atoms with van der Waals surface area (Å²) in [6, 6.07) is 11.0. The van der Waals surface area contributed by atoms with E-state index in [2.05, 4.69) is 20.5 Å². The molecule has 0 aliphatic rings. The van der Waals surface area contributed by atoms with E-state index in [-0.39, 0.29) is 5.91 Å². The maximum absolute atomic E-state index is 12.6. The summed E-state index contributed by atoms with van der Waals surface area (Å²) in [6.07, 6.45) is 1.69. The Kier molecular flexibility index (Phi) is 4.47. The number of ether oxygens (including phenoxy) is 2. The van der Waals surface area contributed by atoms with Gasteiger partial charge in [-0.2, -0.15) is 5.10 Å². The predicted octanol–water partition coefficient (Wildman–Crippen LogP) is 3.96. The Balaban J connectivity index is 1.58. The molecule has 0 unspecified atom stereocenters. The van der Waals surface area contributed by atoms with Crippen LogP contribution < -0.4 is 14.8 Å². The van der Waals surface area contributed by atoms with Crippen LogP contribution in [0, 0.1) is 0 Å². The standard InChI is InChI=1S/C19H16N4O3S/c1-25-15-7-6-11(8-16(15)26-2)14-10-27-19(21-14)22-18(24)13-5-3-4-12-9-20-23-17(12)13/h3-10H,1-2H3,(H,20,23)(H,21,22,24). The Bertz CT molecular complexity index is 1120. The fourth-order valence-electron chi connectivity index (χ4n) is 2.78. The lowest BCUT2D eigenvalue weighted by Gasteiger charge is -2.08. The number of amides is 1. The number of H-pyrrole nitrogens is 1. The molecule has 0 bridgehead atoms. The number of hydrogen-bond acceptors (Lipinski definition) is 6. The lowest BCUT2D eigenvalue weighted by molar-refractivity contribution is 0.102. The summed E-state index contributed by atoms with van der Waals surface area (Å²) in [6.45, 7) is 0. The van der Waals surface area contributed by atoms with Crippen molar-refractivity contribution in [1.82, 2.24) is 15.2 Å². The lowest BCUT2D eigenvalue weighted by Crippen LogP contribution is -2.12. The summed E-state index contributed by atoms with van der Waals surface area (Å²) in [5.41, 5.74) is 2.84. The number of aromatic amines is 1. The van der Waals surface area contributed by atoms with Crippen LogP contribution in [0.15, 0.2) is 48.0 Å². The van der Waals surface area contributed by atoms with E-state index in [1.807, 2.05) is 35.7 Å². The first-order valence-corrected chi connectivity index (χ1v) is 8.99. The Morgan fingerprint density at radius 2 is 2.00 bits per heavy atom. The second-order valence-electron chi connectivity index (χ2n) is 5.70. The van der Waals surface area contributed by atoms with Crippen LogP contribution in [0.25, 0.3) is 22.2 Å². The van der Waals surface area contributed by atoms with Crippen LogP contribution in [-0.2, 0) is 0 Å². The highest BCUT2D eigenvalue weighted by Gasteiger charge is 2.14. The largest absolute Gasteiger partial charge is 0.493 e. The molecule has 2 heterocycles. The highest BCUT2D eigenvalue weighted by atomic mass is 32.1. The maximum atomic E-state index is 12.6. The predicted molar refractivity (Wildman–Crippen MR) is 105 cm³/mol. The number of anilines is 1. The summed E-state index contributed by atoms with van der Waals surface area (Å²) < 4.78 is 10.6. The van der Waals surface area contributed by atoms with Gasteiger partial charge in [0.25, 0.3) is 5.91 Å². The molecule has 2 aromatic carbocycles. The van der Waals surface area contributed by atoms with Gasteiger partial charge in [-0.25, -0.2) is 4.98 Å². The average Bonchev–Trinajstić information content (AvgIpc) is 3.36. The molecule has 27 heavy (non-hydrogen) atoms. The van der Waals surface area contributed by atoms with Crippen molar-refractivity contribution in [3.05, 3.63) is 53.5 Å². The van der Waals surface area contributed by atoms with Crippen LogP contribution in [0.4, 0.5) is 5.13 Å². The minimum absolute atomic E-state index is 0.238. The average molecular weight is 380 g/mol. The van der Waals surface area contributed by atoms with E-state index in [4.69, 9.17) is 9.47 Å². The summed E-state index contributed by atoms with van der Waals surface area (Å²) >= 11 is 1.36. The molecule has 0 fully saturated rings. The number of nitrogens with zero attached hydrogens (tertiary/aromatic N) is 2. The molecule has 2 N–H and O–H groups in total. The molecule has 4 rings (SSSR count). The third-order valence-electron chi connectivity index (χ3n) is 4.13. The number of carbonyl (C=O) groups is 1. The summed E-state index contributed by atoms with van der Waals surface area (Å²) in [5.74, 6) is 1.04. The van der Waals surface area contributed by atoms with E-state index in [0.717, 1.165) is 16.6 Å². The number of thiazole rings is 1. The van der Waals surface area contributed by atoms with E-state index >= 15 is 0 Å². The minimum Gasteiger partial charge on any atom is -0.493 e. The van der Waals surface area contributed by atoms with Crippen LogP contribution in [0.3, 0.4) is 0 Å². The Hall–Kier alpha value is -3.39. The van der Waals surface area contributed by atoms with Gasteiger partial charge in [0.1, 0.15) is 0 Å². The van der Waals surface area contributed by atoms with Crippen LogP contribution in [0.1, 0.15) is 10.4 Å². The van der Waals surface area contributed by atoms with E-state index in [9.17, 15) is 4.79 Å². The number of fused-ring (bicyclic) bond motifs is 1. The van der Waals surface area contributed by atoms with Crippen LogP contribution >= 0.6 is 11.3 Å². The second-order valence-corrected chi connectivity index (χ2v) is 6.56. The van der Waals surface area contributed by atoms with E-state index in [1.165, 1.54) is 11.3 Å². The number of carbonyl (C=O) groups excluding carboxylic acids is 1. The van der Waals surface area contributed by atoms with E-state index in [0.29, 0.717) is 27.7 Å². The van der Waals surface area contributed by atoms with Gasteiger partial charge in [0.15, 0.2) is 16.6 Å². The molecule has 136 valence electrons. The van der Waals surface area contributed by atoms with Crippen molar-refractivity contribution in [1.29, 1.82) is 0 Å². The number of methoxy groups -OCH3 is 2. The zero-order chi connectivity index (χ0) is 18.8. The Labute approximate surface area is 159 Å². The molecular formula is C19H16N4O3S. The molecule has 0 atom stereocenters. The Morgan fingerprint density at radius 3 is 2.81 bits per heavy atom. The van der Waals surface area contributed by atoms with Gasteiger partial charge in [-0.1, -0.05) is 12.1 Å². The highest BCUT2D eigenvalue weighted by molar-refractivity contribution is 7.14. The van der Waals surface area contributed by atoms with Gasteiger partial charge in [-0.05, 0) is 24.3 Å². The molecule has 1 amide bonds. The van der Waals surface area contributed by atoms with Gasteiger partial charge in [-0.3, -0.25) is 15.2 Å². The molecule has 0 aliphatic heterocycles. The van der Waals surface area contributed by atoms with E-state index < -0.39 is 0 Å². The van der Waals surface area contributed by atoms with Crippen molar-refractivity contribution >= 4 is 33.3 Å². The molecule has 2 aromatic heterocycles. The van der Waals surface area contributed by atoms with Gasteiger partial charge >= 0.3 is 0 Å². The molecule has 0 saturated heterocycles. The maximum Gasteiger partial charge on any atom is 0.259 e. The fourth-order valence-corrected chi connectivity index (χ4v) is 3.50. The first-order chi connectivity index (χ1) is 13.2. The van der Waals surface area contributed by atoms with Gasteiger partial charge in [0.05, 0.1) is 37.2 Å². The van der Waals surface area contributed by atoms with Crippen molar-refractivity contribution < 1.29 is 14.3 Å².